The van der Waals surface area contributed by atoms with Crippen molar-refractivity contribution in [1.82, 2.24) is 9.97 Å². The summed E-state index contributed by atoms with van der Waals surface area (Å²) in [7, 11) is 0. The predicted octanol–water partition coefficient (Wildman–Crippen LogP) is 2.80. The van der Waals surface area contributed by atoms with Crippen LogP contribution in [0, 0.1) is 13.8 Å². The second-order valence-electron chi connectivity index (χ2n) is 4.70. The predicted molar refractivity (Wildman–Crippen MR) is 86.3 cm³/mol. The molecule has 0 aliphatic carbocycles. The molecule has 2 aromatic rings. The van der Waals surface area contributed by atoms with E-state index in [0.29, 0.717) is 23.0 Å². The summed E-state index contributed by atoms with van der Waals surface area (Å²) in [5, 5.41) is 3.55. The Bertz CT molecular complexity index is 608. The summed E-state index contributed by atoms with van der Waals surface area (Å²) in [6.07, 6.45) is 0.408. The first-order valence-corrected chi connectivity index (χ1v) is 7.62. The number of nitrogens with one attached hydrogen (secondary N) is 1. The van der Waals surface area contributed by atoms with E-state index in [1.54, 1.807) is 24.3 Å². The molecule has 0 bridgehead atoms. The fourth-order valence-electron chi connectivity index (χ4n) is 1.78. The third-order valence-corrected chi connectivity index (χ3v) is 3.57. The van der Waals surface area contributed by atoms with Crippen molar-refractivity contribution < 1.29 is 4.79 Å². The summed E-state index contributed by atoms with van der Waals surface area (Å²) in [6, 6.07) is 9.01. The highest BCUT2D eigenvalue weighted by molar-refractivity contribution is 7.99. The Balaban J connectivity index is 1.80. The molecule has 1 heterocycles. The quantitative estimate of drug-likeness (QED) is 0.504. The number of carbonyl (C=O) groups excluding carboxylic acids is 1. The Hall–Kier alpha value is -2.08. The average molecular weight is 302 g/mol. The van der Waals surface area contributed by atoms with Crippen LogP contribution in [0.3, 0.4) is 0 Å². The number of anilines is 2. The number of benzene rings is 1. The molecule has 110 valence electrons. The number of nitrogen functional groups attached to an aromatic ring is 1. The van der Waals surface area contributed by atoms with Crippen LogP contribution < -0.4 is 11.1 Å². The van der Waals surface area contributed by atoms with Gasteiger partial charge >= 0.3 is 0 Å². The SMILES string of the molecule is Cc1cc(C)nc(SCCC(=O)Nc2ccc(N)cc2)n1. The van der Waals surface area contributed by atoms with Crippen molar-refractivity contribution in [2.24, 2.45) is 0 Å². The number of aromatic nitrogens is 2. The highest BCUT2D eigenvalue weighted by Crippen LogP contribution is 2.16. The normalized spacial score (nSPS) is 10.4. The van der Waals surface area contributed by atoms with Gasteiger partial charge in [-0.2, -0.15) is 0 Å². The number of aryl methyl sites for hydroxylation is 2. The highest BCUT2D eigenvalue weighted by Gasteiger charge is 2.05. The van der Waals surface area contributed by atoms with Gasteiger partial charge in [-0.05, 0) is 44.2 Å². The minimum absolute atomic E-state index is 0.0309. The lowest BCUT2D eigenvalue weighted by atomic mass is 10.3. The molecule has 5 nitrogen and oxygen atoms in total. The molecule has 0 aliphatic rings. The van der Waals surface area contributed by atoms with Gasteiger partial charge in [-0.3, -0.25) is 4.79 Å². The molecule has 6 heteroatoms. The third kappa shape index (κ3) is 5.07. The summed E-state index contributed by atoms with van der Waals surface area (Å²) in [5.74, 6) is 0.612. The van der Waals surface area contributed by atoms with Crippen molar-refractivity contribution in [3.8, 4) is 0 Å². The molecule has 0 atom stereocenters. The molecule has 0 saturated carbocycles. The zero-order valence-corrected chi connectivity index (χ0v) is 12.9. The number of hydrogen-bond donors (Lipinski definition) is 2. The minimum atomic E-state index is -0.0309. The Kier molecular flexibility index (Phi) is 5.16. The first kappa shape index (κ1) is 15.3. The van der Waals surface area contributed by atoms with Gasteiger partial charge in [-0.25, -0.2) is 9.97 Å². The molecule has 1 aromatic heterocycles. The van der Waals surface area contributed by atoms with E-state index in [-0.39, 0.29) is 5.91 Å². The number of nitrogens with zero attached hydrogens (tertiary/aromatic N) is 2. The second-order valence-corrected chi connectivity index (χ2v) is 5.76. The lowest BCUT2D eigenvalue weighted by Gasteiger charge is -2.05. The van der Waals surface area contributed by atoms with Gasteiger partial charge in [0.2, 0.25) is 5.91 Å². The van der Waals surface area contributed by atoms with E-state index in [1.165, 1.54) is 11.8 Å². The Morgan fingerprint density at radius 2 is 1.81 bits per heavy atom. The van der Waals surface area contributed by atoms with Crippen LogP contribution in [-0.2, 0) is 4.79 Å². The standard InChI is InChI=1S/C15H18N4OS/c1-10-9-11(2)18-15(17-10)21-8-7-14(20)19-13-5-3-12(16)4-6-13/h3-6,9H,7-8,16H2,1-2H3,(H,19,20). The summed E-state index contributed by atoms with van der Waals surface area (Å²) in [6.45, 7) is 3.87. The molecule has 1 amide bonds. The molecular formula is C15H18N4OS. The van der Waals surface area contributed by atoms with Gasteiger partial charge < -0.3 is 11.1 Å². The maximum absolute atomic E-state index is 11.8. The molecule has 21 heavy (non-hydrogen) atoms. The van der Waals surface area contributed by atoms with E-state index >= 15 is 0 Å². The van der Waals surface area contributed by atoms with Crippen molar-refractivity contribution in [2.75, 3.05) is 16.8 Å². The molecule has 0 spiro atoms. The van der Waals surface area contributed by atoms with Crippen LogP contribution in [0.1, 0.15) is 17.8 Å². The van der Waals surface area contributed by atoms with Crippen molar-refractivity contribution in [3.63, 3.8) is 0 Å². The van der Waals surface area contributed by atoms with E-state index in [9.17, 15) is 4.79 Å². The average Bonchev–Trinajstić information content (AvgIpc) is 2.40. The van der Waals surface area contributed by atoms with Crippen molar-refractivity contribution in [1.29, 1.82) is 0 Å². The zero-order valence-electron chi connectivity index (χ0n) is 12.1. The lowest BCUT2D eigenvalue weighted by molar-refractivity contribution is -0.115. The van der Waals surface area contributed by atoms with E-state index in [2.05, 4.69) is 15.3 Å². The number of amides is 1. The number of carbonyl (C=O) groups is 1. The molecule has 0 saturated heterocycles. The van der Waals surface area contributed by atoms with Crippen LogP contribution >= 0.6 is 11.8 Å². The summed E-state index contributed by atoms with van der Waals surface area (Å²) in [5.41, 5.74) is 8.91. The second kappa shape index (κ2) is 7.08. The maximum atomic E-state index is 11.8. The molecule has 2 rings (SSSR count). The van der Waals surface area contributed by atoms with Crippen LogP contribution in [0.15, 0.2) is 35.5 Å². The van der Waals surface area contributed by atoms with Crippen LogP contribution in [0.5, 0.6) is 0 Å². The molecule has 0 fully saturated rings. The first-order chi connectivity index (χ1) is 10.0. The van der Waals surface area contributed by atoms with E-state index in [1.807, 2.05) is 19.9 Å². The van der Waals surface area contributed by atoms with Crippen molar-refractivity contribution >= 4 is 29.0 Å². The number of rotatable bonds is 5. The van der Waals surface area contributed by atoms with Gasteiger partial charge in [0, 0.05) is 34.9 Å². The zero-order chi connectivity index (χ0) is 15.2. The lowest BCUT2D eigenvalue weighted by Crippen LogP contribution is -2.12. The Labute approximate surface area is 128 Å². The molecule has 1 aromatic carbocycles. The van der Waals surface area contributed by atoms with Crippen LogP contribution in [0.4, 0.5) is 11.4 Å². The van der Waals surface area contributed by atoms with Gasteiger partial charge in [0.1, 0.15) is 0 Å². The van der Waals surface area contributed by atoms with Crippen molar-refractivity contribution in [3.05, 3.63) is 41.7 Å². The summed E-state index contributed by atoms with van der Waals surface area (Å²) >= 11 is 1.49. The van der Waals surface area contributed by atoms with Gasteiger partial charge in [0.05, 0.1) is 0 Å². The van der Waals surface area contributed by atoms with Gasteiger partial charge in [-0.15, -0.1) is 0 Å². The van der Waals surface area contributed by atoms with Gasteiger partial charge in [0.25, 0.3) is 0 Å². The van der Waals surface area contributed by atoms with Crippen LogP contribution in [0.25, 0.3) is 0 Å². The van der Waals surface area contributed by atoms with Crippen LogP contribution in [-0.4, -0.2) is 21.6 Å². The van der Waals surface area contributed by atoms with Crippen LogP contribution in [0.2, 0.25) is 0 Å². The summed E-state index contributed by atoms with van der Waals surface area (Å²) in [4.78, 5) is 20.5. The van der Waals surface area contributed by atoms with E-state index in [4.69, 9.17) is 5.73 Å². The monoisotopic (exact) mass is 302 g/mol. The Morgan fingerprint density at radius 1 is 1.19 bits per heavy atom. The largest absolute Gasteiger partial charge is 0.399 e. The van der Waals surface area contributed by atoms with Gasteiger partial charge in [0.15, 0.2) is 5.16 Å². The highest BCUT2D eigenvalue weighted by atomic mass is 32.2. The third-order valence-electron chi connectivity index (χ3n) is 2.72. The Morgan fingerprint density at radius 3 is 2.43 bits per heavy atom. The fraction of sp³-hybridized carbons (Fsp3) is 0.267. The maximum Gasteiger partial charge on any atom is 0.225 e. The van der Waals surface area contributed by atoms with E-state index in [0.717, 1.165) is 17.1 Å². The molecular weight excluding hydrogens is 284 g/mol. The molecule has 0 unspecified atom stereocenters. The number of thioether (sulfide) groups is 1. The molecule has 3 N–H and O–H groups in total. The fourth-order valence-corrected chi connectivity index (χ4v) is 2.67. The minimum Gasteiger partial charge on any atom is -0.399 e. The van der Waals surface area contributed by atoms with Gasteiger partial charge in [-0.1, -0.05) is 11.8 Å². The molecule has 0 aliphatic heterocycles. The smallest absolute Gasteiger partial charge is 0.225 e. The number of hydrogen-bond acceptors (Lipinski definition) is 5. The molecule has 0 radical (unpaired) electrons. The number of nitrogens with two attached hydrogens (primary N) is 1. The first-order valence-electron chi connectivity index (χ1n) is 6.63. The van der Waals surface area contributed by atoms with Crippen molar-refractivity contribution in [2.45, 2.75) is 25.4 Å². The van der Waals surface area contributed by atoms with E-state index < -0.39 is 0 Å². The topological polar surface area (TPSA) is 80.9 Å². The summed E-state index contributed by atoms with van der Waals surface area (Å²) < 4.78 is 0.